The first-order chi connectivity index (χ1) is 11.5. The second-order valence-electron chi connectivity index (χ2n) is 5.83. The van der Waals surface area contributed by atoms with Crippen LogP contribution in [0.4, 0.5) is 0 Å². The van der Waals surface area contributed by atoms with Crippen LogP contribution in [0.15, 0.2) is 48.5 Å². The van der Waals surface area contributed by atoms with E-state index in [4.69, 9.17) is 4.74 Å². The molecule has 1 amide bonds. The van der Waals surface area contributed by atoms with Crippen LogP contribution in [0.5, 0.6) is 0 Å². The van der Waals surface area contributed by atoms with Crippen molar-refractivity contribution in [2.75, 3.05) is 6.61 Å². The van der Waals surface area contributed by atoms with Gasteiger partial charge in [-0.2, -0.15) is 0 Å². The van der Waals surface area contributed by atoms with E-state index in [9.17, 15) is 9.59 Å². The number of amides is 1. The van der Waals surface area contributed by atoms with Crippen LogP contribution in [0.1, 0.15) is 46.9 Å². The van der Waals surface area contributed by atoms with Gasteiger partial charge in [0, 0.05) is 0 Å². The fraction of sp³-hybridized carbons (Fsp3) is 0.300. The maximum Gasteiger partial charge on any atom is 0.338 e. The van der Waals surface area contributed by atoms with Crippen LogP contribution in [0, 0.1) is 6.92 Å². The molecule has 4 heteroatoms. The Morgan fingerprint density at radius 3 is 2.25 bits per heavy atom. The maximum absolute atomic E-state index is 12.0. The van der Waals surface area contributed by atoms with Crippen molar-refractivity contribution in [2.45, 2.75) is 33.2 Å². The average Bonchev–Trinajstić information content (AvgIpc) is 2.60. The van der Waals surface area contributed by atoms with Crippen molar-refractivity contribution in [3.63, 3.8) is 0 Å². The lowest BCUT2D eigenvalue weighted by Crippen LogP contribution is -2.31. The van der Waals surface area contributed by atoms with Crippen LogP contribution < -0.4 is 5.32 Å². The third kappa shape index (κ3) is 4.95. The number of carbonyl (C=O) groups excluding carboxylic acids is 2. The van der Waals surface area contributed by atoms with E-state index in [2.05, 4.69) is 24.4 Å². The molecular weight excluding hydrogens is 302 g/mol. The summed E-state index contributed by atoms with van der Waals surface area (Å²) >= 11 is 0. The fourth-order valence-electron chi connectivity index (χ4n) is 2.31. The molecule has 1 atom stereocenters. The van der Waals surface area contributed by atoms with E-state index in [1.165, 1.54) is 5.56 Å². The van der Waals surface area contributed by atoms with E-state index in [1.807, 2.05) is 38.1 Å². The molecule has 2 rings (SSSR count). The van der Waals surface area contributed by atoms with Gasteiger partial charge < -0.3 is 10.1 Å². The Kier molecular flexibility index (Phi) is 6.13. The molecule has 0 aliphatic rings. The zero-order chi connectivity index (χ0) is 17.5. The smallest absolute Gasteiger partial charge is 0.338 e. The Bertz CT molecular complexity index is 690. The highest BCUT2D eigenvalue weighted by Gasteiger charge is 2.13. The first-order valence-electron chi connectivity index (χ1n) is 8.11. The van der Waals surface area contributed by atoms with Gasteiger partial charge in [0.1, 0.15) is 0 Å². The van der Waals surface area contributed by atoms with Gasteiger partial charge in [-0.05, 0) is 43.5 Å². The monoisotopic (exact) mass is 325 g/mol. The summed E-state index contributed by atoms with van der Waals surface area (Å²) in [4.78, 5) is 23.8. The van der Waals surface area contributed by atoms with Gasteiger partial charge in [-0.15, -0.1) is 0 Å². The molecule has 2 aromatic rings. The van der Waals surface area contributed by atoms with Crippen molar-refractivity contribution in [1.29, 1.82) is 0 Å². The molecular formula is C20H23NO3. The molecule has 0 bridgehead atoms. The summed E-state index contributed by atoms with van der Waals surface area (Å²) in [5.74, 6) is -0.812. The Labute approximate surface area is 142 Å². The topological polar surface area (TPSA) is 55.4 Å². The highest BCUT2D eigenvalue weighted by molar-refractivity contribution is 5.91. The van der Waals surface area contributed by atoms with Crippen LogP contribution in [-0.4, -0.2) is 18.5 Å². The predicted molar refractivity (Wildman–Crippen MR) is 93.8 cm³/mol. The Balaban J connectivity index is 1.83. The van der Waals surface area contributed by atoms with Crippen LogP contribution >= 0.6 is 0 Å². The number of aryl methyl sites for hydroxylation is 2. The normalized spacial score (nSPS) is 11.6. The lowest BCUT2D eigenvalue weighted by molar-refractivity contribution is -0.124. The number of rotatable bonds is 6. The predicted octanol–water partition coefficient (Wildman–Crippen LogP) is 3.59. The summed E-state index contributed by atoms with van der Waals surface area (Å²) in [6.07, 6.45) is 0.982. The number of hydrogen-bond donors (Lipinski definition) is 1. The summed E-state index contributed by atoms with van der Waals surface area (Å²) in [7, 11) is 0. The first-order valence-corrected chi connectivity index (χ1v) is 8.11. The van der Waals surface area contributed by atoms with E-state index in [-0.39, 0.29) is 18.6 Å². The van der Waals surface area contributed by atoms with Gasteiger partial charge in [-0.3, -0.25) is 4.79 Å². The molecule has 0 aromatic heterocycles. The third-order valence-corrected chi connectivity index (χ3v) is 3.89. The summed E-state index contributed by atoms with van der Waals surface area (Å²) < 4.78 is 5.05. The quantitative estimate of drug-likeness (QED) is 0.826. The second-order valence-corrected chi connectivity index (χ2v) is 5.83. The van der Waals surface area contributed by atoms with E-state index >= 15 is 0 Å². The largest absolute Gasteiger partial charge is 0.452 e. The molecule has 2 aromatic carbocycles. The van der Waals surface area contributed by atoms with Gasteiger partial charge >= 0.3 is 5.97 Å². The van der Waals surface area contributed by atoms with Gasteiger partial charge in [-0.25, -0.2) is 4.79 Å². The lowest BCUT2D eigenvalue weighted by atomic mass is 10.1. The standard InChI is InChI=1S/C20H23NO3/c1-4-16-7-11-17(12-8-16)15(3)21-19(22)13-24-20(23)18-9-5-14(2)6-10-18/h5-12,15H,4,13H2,1-3H3,(H,21,22)/t15-/m0/s1. The maximum atomic E-state index is 12.0. The van der Waals surface area contributed by atoms with Gasteiger partial charge in [0.25, 0.3) is 5.91 Å². The summed E-state index contributed by atoms with van der Waals surface area (Å²) in [6, 6.07) is 15.0. The SMILES string of the molecule is CCc1ccc([C@H](C)NC(=O)COC(=O)c2ccc(C)cc2)cc1. The van der Waals surface area contributed by atoms with Gasteiger partial charge in [-0.1, -0.05) is 48.9 Å². The van der Waals surface area contributed by atoms with Gasteiger partial charge in [0.2, 0.25) is 0 Å². The average molecular weight is 325 g/mol. The minimum atomic E-state index is -0.495. The molecule has 0 fully saturated rings. The highest BCUT2D eigenvalue weighted by Crippen LogP contribution is 2.13. The molecule has 0 aliphatic heterocycles. The Morgan fingerprint density at radius 1 is 1.04 bits per heavy atom. The van der Waals surface area contributed by atoms with Crippen molar-refractivity contribution in [3.8, 4) is 0 Å². The van der Waals surface area contributed by atoms with Crippen LogP contribution in [0.25, 0.3) is 0 Å². The number of ether oxygens (including phenoxy) is 1. The third-order valence-electron chi connectivity index (χ3n) is 3.89. The second kappa shape index (κ2) is 8.29. The van der Waals surface area contributed by atoms with Crippen molar-refractivity contribution in [1.82, 2.24) is 5.32 Å². The summed E-state index contributed by atoms with van der Waals surface area (Å²) in [5.41, 5.74) is 3.78. The molecule has 0 saturated heterocycles. The van der Waals surface area contributed by atoms with Crippen molar-refractivity contribution >= 4 is 11.9 Å². The zero-order valence-corrected chi connectivity index (χ0v) is 14.3. The molecule has 1 N–H and O–H groups in total. The van der Waals surface area contributed by atoms with Gasteiger partial charge in [0.05, 0.1) is 11.6 Å². The number of esters is 1. The summed E-state index contributed by atoms with van der Waals surface area (Å²) in [5, 5.41) is 2.83. The van der Waals surface area contributed by atoms with E-state index in [0.29, 0.717) is 5.56 Å². The van der Waals surface area contributed by atoms with E-state index < -0.39 is 5.97 Å². The molecule has 0 radical (unpaired) electrons. The number of nitrogens with one attached hydrogen (secondary N) is 1. The van der Waals surface area contributed by atoms with Gasteiger partial charge in [0.15, 0.2) is 6.61 Å². The lowest BCUT2D eigenvalue weighted by Gasteiger charge is -2.15. The molecule has 24 heavy (non-hydrogen) atoms. The van der Waals surface area contributed by atoms with E-state index in [0.717, 1.165) is 17.5 Å². The molecule has 0 saturated carbocycles. The fourth-order valence-corrected chi connectivity index (χ4v) is 2.31. The molecule has 0 aliphatic carbocycles. The molecule has 0 spiro atoms. The number of hydrogen-bond acceptors (Lipinski definition) is 3. The van der Waals surface area contributed by atoms with E-state index in [1.54, 1.807) is 12.1 Å². The molecule has 4 nitrogen and oxygen atoms in total. The van der Waals surface area contributed by atoms with Crippen LogP contribution in [0.2, 0.25) is 0 Å². The van der Waals surface area contributed by atoms with Crippen LogP contribution in [-0.2, 0) is 16.0 Å². The van der Waals surface area contributed by atoms with Crippen LogP contribution in [0.3, 0.4) is 0 Å². The zero-order valence-electron chi connectivity index (χ0n) is 14.3. The highest BCUT2D eigenvalue weighted by atomic mass is 16.5. The minimum Gasteiger partial charge on any atom is -0.452 e. The Hall–Kier alpha value is -2.62. The molecule has 0 unspecified atom stereocenters. The minimum absolute atomic E-state index is 0.138. The Morgan fingerprint density at radius 2 is 1.67 bits per heavy atom. The first kappa shape index (κ1) is 17.7. The summed E-state index contributed by atoms with van der Waals surface area (Å²) in [6.45, 7) is 5.66. The number of benzene rings is 2. The molecule has 126 valence electrons. The van der Waals surface area contributed by atoms with Crippen molar-refractivity contribution in [2.24, 2.45) is 0 Å². The number of carbonyl (C=O) groups is 2. The molecule has 0 heterocycles. The van der Waals surface area contributed by atoms with Crippen molar-refractivity contribution in [3.05, 3.63) is 70.8 Å². The van der Waals surface area contributed by atoms with Crippen molar-refractivity contribution < 1.29 is 14.3 Å².